The maximum atomic E-state index is 12.1. The van der Waals surface area contributed by atoms with Gasteiger partial charge < -0.3 is 19.5 Å². The topological polar surface area (TPSA) is 56.8 Å². The van der Waals surface area contributed by atoms with E-state index < -0.39 is 0 Å². The number of rotatable bonds is 8. The van der Waals surface area contributed by atoms with Crippen LogP contribution in [0.5, 0.6) is 11.5 Å². The van der Waals surface area contributed by atoms with Gasteiger partial charge >= 0.3 is 0 Å². The molecular formula is C19H22ClNO4. The molecule has 0 aromatic heterocycles. The van der Waals surface area contributed by atoms with E-state index in [2.05, 4.69) is 5.32 Å². The lowest BCUT2D eigenvalue weighted by molar-refractivity contribution is -0.126. The Bertz CT molecular complexity index is 720. The van der Waals surface area contributed by atoms with Crippen LogP contribution >= 0.6 is 11.6 Å². The fraction of sp³-hybridized carbons (Fsp3) is 0.316. The summed E-state index contributed by atoms with van der Waals surface area (Å²) in [6, 6.07) is 12.7. The van der Waals surface area contributed by atoms with Crippen molar-refractivity contribution in [1.29, 1.82) is 0 Å². The predicted octanol–water partition coefficient (Wildman–Crippen LogP) is 3.75. The van der Waals surface area contributed by atoms with E-state index in [0.717, 1.165) is 11.1 Å². The van der Waals surface area contributed by atoms with Crippen LogP contribution in [0.25, 0.3) is 0 Å². The lowest BCUT2D eigenvalue weighted by Crippen LogP contribution is -2.30. The van der Waals surface area contributed by atoms with Crippen molar-refractivity contribution in [3.8, 4) is 11.5 Å². The summed E-state index contributed by atoms with van der Waals surface area (Å²) in [7, 11) is 3.16. The van der Waals surface area contributed by atoms with Crippen molar-refractivity contribution in [3.05, 3.63) is 58.6 Å². The Labute approximate surface area is 152 Å². The van der Waals surface area contributed by atoms with E-state index in [0.29, 0.717) is 16.5 Å². The number of halogens is 1. The number of nitrogens with one attached hydrogen (secondary N) is 1. The van der Waals surface area contributed by atoms with Gasteiger partial charge in [0.25, 0.3) is 0 Å². The first-order valence-corrected chi connectivity index (χ1v) is 8.25. The second-order valence-electron chi connectivity index (χ2n) is 5.49. The molecule has 5 nitrogen and oxygen atoms in total. The molecule has 6 heteroatoms. The maximum Gasteiger partial charge on any atom is 0.246 e. The summed E-state index contributed by atoms with van der Waals surface area (Å²) in [4.78, 5) is 12.1. The molecule has 1 N–H and O–H groups in total. The first-order chi connectivity index (χ1) is 12.0. The minimum Gasteiger partial charge on any atom is -0.493 e. The summed E-state index contributed by atoms with van der Waals surface area (Å²) in [5.41, 5.74) is 1.77. The Morgan fingerprint density at radius 2 is 1.84 bits per heavy atom. The van der Waals surface area contributed by atoms with Gasteiger partial charge in [-0.25, -0.2) is 0 Å². The van der Waals surface area contributed by atoms with Crippen molar-refractivity contribution in [2.75, 3.05) is 20.8 Å². The number of methoxy groups -OCH3 is 2. The average molecular weight is 364 g/mol. The van der Waals surface area contributed by atoms with Crippen molar-refractivity contribution in [1.82, 2.24) is 5.32 Å². The molecule has 0 aliphatic rings. The van der Waals surface area contributed by atoms with E-state index in [1.54, 1.807) is 20.3 Å². The van der Waals surface area contributed by atoms with Gasteiger partial charge in [-0.3, -0.25) is 4.79 Å². The normalized spacial score (nSPS) is 11.7. The van der Waals surface area contributed by atoms with Gasteiger partial charge in [0.1, 0.15) is 6.61 Å². The molecule has 0 radical (unpaired) electrons. The van der Waals surface area contributed by atoms with Crippen LogP contribution in [-0.4, -0.2) is 26.7 Å². The highest BCUT2D eigenvalue weighted by molar-refractivity contribution is 6.31. The fourth-order valence-corrected chi connectivity index (χ4v) is 2.55. The second-order valence-corrected chi connectivity index (χ2v) is 5.90. The SMILES string of the molecule is COc1ccc(C(C)NC(=O)COCc2ccccc2Cl)cc1OC. The Kier molecular flexibility index (Phi) is 7.10. The zero-order valence-electron chi connectivity index (χ0n) is 14.5. The van der Waals surface area contributed by atoms with Crippen LogP contribution in [0.3, 0.4) is 0 Å². The van der Waals surface area contributed by atoms with E-state index in [4.69, 9.17) is 25.8 Å². The van der Waals surface area contributed by atoms with Crippen LogP contribution in [0.4, 0.5) is 0 Å². The monoisotopic (exact) mass is 363 g/mol. The molecule has 0 heterocycles. The lowest BCUT2D eigenvalue weighted by atomic mass is 10.1. The first kappa shape index (κ1) is 19.1. The molecule has 2 aromatic rings. The smallest absolute Gasteiger partial charge is 0.246 e. The van der Waals surface area contributed by atoms with E-state index >= 15 is 0 Å². The third kappa shape index (κ3) is 5.37. The molecule has 0 saturated heterocycles. The summed E-state index contributed by atoms with van der Waals surface area (Å²) in [6.45, 7) is 2.15. The first-order valence-electron chi connectivity index (χ1n) is 7.87. The number of carbonyl (C=O) groups excluding carboxylic acids is 1. The Morgan fingerprint density at radius 1 is 1.12 bits per heavy atom. The Morgan fingerprint density at radius 3 is 2.52 bits per heavy atom. The van der Waals surface area contributed by atoms with Gasteiger partial charge in [-0.05, 0) is 36.2 Å². The number of hydrogen-bond acceptors (Lipinski definition) is 4. The minimum absolute atomic E-state index is 0.0388. The average Bonchev–Trinajstić information content (AvgIpc) is 2.62. The third-order valence-corrected chi connectivity index (χ3v) is 4.10. The molecule has 1 amide bonds. The van der Waals surface area contributed by atoms with Gasteiger partial charge in [-0.15, -0.1) is 0 Å². The van der Waals surface area contributed by atoms with Gasteiger partial charge in [0.2, 0.25) is 5.91 Å². The molecule has 0 aliphatic heterocycles. The summed E-state index contributed by atoms with van der Waals surface area (Å²) in [6.07, 6.45) is 0. The number of hydrogen-bond donors (Lipinski definition) is 1. The van der Waals surface area contributed by atoms with E-state index in [1.807, 2.05) is 43.3 Å². The predicted molar refractivity (Wildman–Crippen MR) is 97.2 cm³/mol. The Balaban J connectivity index is 1.86. The van der Waals surface area contributed by atoms with E-state index in [9.17, 15) is 4.79 Å². The zero-order valence-corrected chi connectivity index (χ0v) is 15.3. The van der Waals surface area contributed by atoms with Crippen molar-refractivity contribution in [2.24, 2.45) is 0 Å². The van der Waals surface area contributed by atoms with Crippen LogP contribution in [0.1, 0.15) is 24.1 Å². The highest BCUT2D eigenvalue weighted by atomic mass is 35.5. The van der Waals surface area contributed by atoms with E-state index in [-0.39, 0.29) is 25.2 Å². The van der Waals surface area contributed by atoms with Gasteiger partial charge in [-0.1, -0.05) is 35.9 Å². The van der Waals surface area contributed by atoms with Crippen LogP contribution in [-0.2, 0) is 16.1 Å². The van der Waals surface area contributed by atoms with Crippen molar-refractivity contribution < 1.29 is 19.0 Å². The molecule has 1 atom stereocenters. The van der Waals surface area contributed by atoms with Crippen molar-refractivity contribution in [3.63, 3.8) is 0 Å². The second kappa shape index (κ2) is 9.30. The largest absolute Gasteiger partial charge is 0.493 e. The summed E-state index contributed by atoms with van der Waals surface area (Å²) in [5, 5.41) is 3.52. The van der Waals surface area contributed by atoms with Crippen molar-refractivity contribution in [2.45, 2.75) is 19.6 Å². The summed E-state index contributed by atoms with van der Waals surface area (Å²) >= 11 is 6.05. The molecule has 0 spiro atoms. The minimum atomic E-state index is -0.200. The molecule has 25 heavy (non-hydrogen) atoms. The summed E-state index contributed by atoms with van der Waals surface area (Å²) in [5.74, 6) is 1.07. The number of carbonyl (C=O) groups is 1. The molecule has 2 rings (SSSR count). The standard InChI is InChI=1S/C19H22ClNO4/c1-13(14-8-9-17(23-2)18(10-14)24-3)21-19(22)12-25-11-15-6-4-5-7-16(15)20/h4-10,13H,11-12H2,1-3H3,(H,21,22). The van der Waals surface area contributed by atoms with E-state index in [1.165, 1.54) is 0 Å². The molecule has 0 aliphatic carbocycles. The number of benzene rings is 2. The van der Waals surface area contributed by atoms with Crippen molar-refractivity contribution >= 4 is 17.5 Å². The Hall–Kier alpha value is -2.24. The highest BCUT2D eigenvalue weighted by Gasteiger charge is 2.13. The third-order valence-electron chi connectivity index (χ3n) is 3.73. The maximum absolute atomic E-state index is 12.1. The van der Waals surface area contributed by atoms with Gasteiger partial charge in [0, 0.05) is 5.02 Å². The number of ether oxygens (including phenoxy) is 3. The molecule has 134 valence electrons. The van der Waals surface area contributed by atoms with Gasteiger partial charge in [0.15, 0.2) is 11.5 Å². The quantitative estimate of drug-likeness (QED) is 0.776. The summed E-state index contributed by atoms with van der Waals surface area (Å²) < 4.78 is 15.9. The zero-order chi connectivity index (χ0) is 18.2. The van der Waals surface area contributed by atoms with Crippen LogP contribution < -0.4 is 14.8 Å². The van der Waals surface area contributed by atoms with Crippen LogP contribution in [0.2, 0.25) is 5.02 Å². The van der Waals surface area contributed by atoms with Gasteiger partial charge in [-0.2, -0.15) is 0 Å². The lowest BCUT2D eigenvalue weighted by Gasteiger charge is -2.16. The van der Waals surface area contributed by atoms with Gasteiger partial charge in [0.05, 0.1) is 26.9 Å². The molecule has 0 fully saturated rings. The fourth-order valence-electron chi connectivity index (χ4n) is 2.36. The van der Waals surface area contributed by atoms with Crippen LogP contribution in [0.15, 0.2) is 42.5 Å². The van der Waals surface area contributed by atoms with Crippen LogP contribution in [0, 0.1) is 0 Å². The highest BCUT2D eigenvalue weighted by Crippen LogP contribution is 2.29. The molecular weight excluding hydrogens is 342 g/mol. The molecule has 2 aromatic carbocycles. The molecule has 1 unspecified atom stereocenters. The number of amides is 1. The molecule has 0 saturated carbocycles. The molecule has 0 bridgehead atoms.